The van der Waals surface area contributed by atoms with E-state index in [9.17, 15) is 0 Å². The highest BCUT2D eigenvalue weighted by Gasteiger charge is 2.56. The van der Waals surface area contributed by atoms with Crippen LogP contribution in [0.1, 0.15) is 25.7 Å². The van der Waals surface area contributed by atoms with Crippen molar-refractivity contribution in [1.29, 1.82) is 0 Å². The Balaban J connectivity index is 1.71. The van der Waals surface area contributed by atoms with Gasteiger partial charge in [-0.2, -0.15) is 0 Å². The van der Waals surface area contributed by atoms with E-state index in [1.165, 1.54) is 25.7 Å². The molecule has 72 valence electrons. The van der Waals surface area contributed by atoms with E-state index >= 15 is 0 Å². The SMILES string of the molecule is C1C[C@H]2C[C@@H]1[C@H]1C[C@@H]3OC[C@@H](O3)[C@@H]21. The van der Waals surface area contributed by atoms with Gasteiger partial charge in [0.05, 0.1) is 12.7 Å². The summed E-state index contributed by atoms with van der Waals surface area (Å²) in [7, 11) is 0. The van der Waals surface area contributed by atoms with Gasteiger partial charge in [0, 0.05) is 6.42 Å². The molecule has 0 aromatic carbocycles. The van der Waals surface area contributed by atoms with E-state index in [4.69, 9.17) is 9.47 Å². The Labute approximate surface area is 78.6 Å². The first-order valence-electron chi connectivity index (χ1n) is 5.69. The Morgan fingerprint density at radius 2 is 1.92 bits per heavy atom. The van der Waals surface area contributed by atoms with E-state index in [1.54, 1.807) is 0 Å². The summed E-state index contributed by atoms with van der Waals surface area (Å²) in [6.07, 6.45) is 6.30. The Hall–Kier alpha value is -0.0800. The summed E-state index contributed by atoms with van der Waals surface area (Å²) < 4.78 is 11.5. The highest BCUT2D eigenvalue weighted by atomic mass is 16.7. The van der Waals surface area contributed by atoms with E-state index in [-0.39, 0.29) is 6.29 Å². The molecule has 2 saturated carbocycles. The Morgan fingerprint density at radius 1 is 1.00 bits per heavy atom. The molecule has 4 fully saturated rings. The van der Waals surface area contributed by atoms with E-state index < -0.39 is 0 Å². The molecule has 4 aliphatic rings. The Kier molecular flexibility index (Phi) is 1.28. The highest BCUT2D eigenvalue weighted by Crippen LogP contribution is 2.58. The van der Waals surface area contributed by atoms with Gasteiger partial charge in [-0.15, -0.1) is 0 Å². The van der Waals surface area contributed by atoms with E-state index in [0.717, 1.165) is 30.3 Å². The van der Waals surface area contributed by atoms with Gasteiger partial charge in [0.15, 0.2) is 6.29 Å². The Morgan fingerprint density at radius 3 is 2.92 bits per heavy atom. The van der Waals surface area contributed by atoms with Crippen molar-refractivity contribution < 1.29 is 9.47 Å². The first kappa shape index (κ1) is 7.24. The maximum absolute atomic E-state index is 5.84. The van der Waals surface area contributed by atoms with Crippen LogP contribution in [0.4, 0.5) is 0 Å². The van der Waals surface area contributed by atoms with Crippen molar-refractivity contribution in [3.63, 3.8) is 0 Å². The van der Waals surface area contributed by atoms with Gasteiger partial charge in [-0.25, -0.2) is 0 Å². The quantitative estimate of drug-likeness (QED) is 0.566. The third-order valence-electron chi connectivity index (χ3n) is 4.82. The third kappa shape index (κ3) is 0.816. The second-order valence-electron chi connectivity index (χ2n) is 5.25. The number of fused-ring (bicyclic) bond motifs is 8. The summed E-state index contributed by atoms with van der Waals surface area (Å²) in [5, 5.41) is 0. The summed E-state index contributed by atoms with van der Waals surface area (Å²) in [5.74, 6) is 3.86. The van der Waals surface area contributed by atoms with E-state index in [0.29, 0.717) is 6.10 Å². The van der Waals surface area contributed by atoms with Crippen LogP contribution >= 0.6 is 0 Å². The van der Waals surface area contributed by atoms with Crippen LogP contribution < -0.4 is 0 Å². The lowest BCUT2D eigenvalue weighted by atomic mass is 9.74. The van der Waals surface area contributed by atoms with Crippen LogP contribution in [-0.4, -0.2) is 19.0 Å². The molecule has 2 heterocycles. The summed E-state index contributed by atoms with van der Waals surface area (Å²) in [6.45, 7) is 0.884. The lowest BCUT2D eigenvalue weighted by Crippen LogP contribution is -2.39. The molecule has 2 nitrogen and oxygen atoms in total. The average Bonchev–Trinajstić information content (AvgIpc) is 2.81. The molecule has 0 amide bonds. The first-order chi connectivity index (χ1) is 6.42. The number of hydrogen-bond acceptors (Lipinski definition) is 2. The summed E-state index contributed by atoms with van der Waals surface area (Å²) in [4.78, 5) is 0. The molecule has 2 aliphatic carbocycles. The minimum Gasteiger partial charge on any atom is -0.350 e. The van der Waals surface area contributed by atoms with Gasteiger partial charge in [0.1, 0.15) is 0 Å². The minimum absolute atomic E-state index is 0.172. The lowest BCUT2D eigenvalue weighted by molar-refractivity contribution is -0.130. The van der Waals surface area contributed by atoms with Crippen molar-refractivity contribution in [3.05, 3.63) is 0 Å². The van der Waals surface area contributed by atoms with Crippen LogP contribution in [0.2, 0.25) is 0 Å². The maximum atomic E-state index is 5.84. The van der Waals surface area contributed by atoms with Crippen molar-refractivity contribution >= 4 is 0 Å². The molecule has 0 aromatic rings. The zero-order chi connectivity index (χ0) is 8.41. The van der Waals surface area contributed by atoms with Crippen LogP contribution in [-0.2, 0) is 9.47 Å². The van der Waals surface area contributed by atoms with Crippen LogP contribution in [0.15, 0.2) is 0 Å². The normalized spacial score (nSPS) is 62.8. The van der Waals surface area contributed by atoms with Gasteiger partial charge in [0.2, 0.25) is 0 Å². The van der Waals surface area contributed by atoms with Crippen molar-refractivity contribution in [2.75, 3.05) is 6.61 Å². The third-order valence-corrected chi connectivity index (χ3v) is 4.82. The minimum atomic E-state index is 0.172. The van der Waals surface area contributed by atoms with E-state index in [1.807, 2.05) is 0 Å². The predicted molar refractivity (Wildman–Crippen MR) is 47.0 cm³/mol. The van der Waals surface area contributed by atoms with Crippen molar-refractivity contribution in [2.45, 2.75) is 38.1 Å². The largest absolute Gasteiger partial charge is 0.350 e. The van der Waals surface area contributed by atoms with Gasteiger partial charge in [0.25, 0.3) is 0 Å². The van der Waals surface area contributed by atoms with Crippen molar-refractivity contribution in [3.8, 4) is 0 Å². The van der Waals surface area contributed by atoms with Crippen LogP contribution in [0.25, 0.3) is 0 Å². The molecule has 2 saturated heterocycles. The molecule has 2 heteroatoms. The molecule has 0 unspecified atom stereocenters. The zero-order valence-electron chi connectivity index (χ0n) is 7.82. The fourth-order valence-electron chi connectivity index (χ4n) is 4.41. The van der Waals surface area contributed by atoms with Crippen LogP contribution in [0.3, 0.4) is 0 Å². The molecular formula is C11H16O2. The van der Waals surface area contributed by atoms with E-state index in [2.05, 4.69) is 0 Å². The van der Waals surface area contributed by atoms with Crippen LogP contribution in [0, 0.1) is 23.7 Å². The zero-order valence-corrected chi connectivity index (χ0v) is 7.82. The van der Waals surface area contributed by atoms with Crippen molar-refractivity contribution in [2.24, 2.45) is 23.7 Å². The second kappa shape index (κ2) is 2.29. The first-order valence-corrected chi connectivity index (χ1v) is 5.69. The average molecular weight is 180 g/mol. The van der Waals surface area contributed by atoms with Gasteiger partial charge < -0.3 is 9.47 Å². The molecule has 4 bridgehead atoms. The topological polar surface area (TPSA) is 18.5 Å². The number of ether oxygens (including phenoxy) is 2. The molecule has 6 atom stereocenters. The Bertz CT molecular complexity index is 240. The fraction of sp³-hybridized carbons (Fsp3) is 1.00. The smallest absolute Gasteiger partial charge is 0.158 e. The summed E-state index contributed by atoms with van der Waals surface area (Å²) in [5.41, 5.74) is 0. The molecule has 4 rings (SSSR count). The number of rotatable bonds is 0. The molecule has 0 aromatic heterocycles. The predicted octanol–water partition coefficient (Wildman–Crippen LogP) is 1.79. The molecular weight excluding hydrogens is 164 g/mol. The molecule has 13 heavy (non-hydrogen) atoms. The van der Waals surface area contributed by atoms with Crippen LogP contribution in [0.5, 0.6) is 0 Å². The summed E-state index contributed by atoms with van der Waals surface area (Å²) in [6, 6.07) is 0. The van der Waals surface area contributed by atoms with Crippen molar-refractivity contribution in [1.82, 2.24) is 0 Å². The fourth-order valence-corrected chi connectivity index (χ4v) is 4.41. The molecule has 0 spiro atoms. The van der Waals surface area contributed by atoms with Gasteiger partial charge >= 0.3 is 0 Å². The van der Waals surface area contributed by atoms with Gasteiger partial charge in [-0.05, 0) is 42.9 Å². The molecule has 0 radical (unpaired) electrons. The summed E-state index contributed by atoms with van der Waals surface area (Å²) >= 11 is 0. The van der Waals surface area contributed by atoms with Gasteiger partial charge in [-0.1, -0.05) is 0 Å². The second-order valence-corrected chi connectivity index (χ2v) is 5.25. The standard InChI is InChI=1S/C11H16O2/c1-2-7-3-6(1)8-4-10-12-5-9(13-10)11(7)8/h6-11H,1-5H2/t6-,7+,8-,9-,10-,11+/m1/s1. The molecule has 0 N–H and O–H groups in total. The monoisotopic (exact) mass is 180 g/mol. The number of hydrogen-bond donors (Lipinski definition) is 0. The van der Waals surface area contributed by atoms with Gasteiger partial charge in [-0.3, -0.25) is 0 Å². The molecule has 2 aliphatic heterocycles. The highest BCUT2D eigenvalue weighted by molar-refractivity contribution is 5.02. The maximum Gasteiger partial charge on any atom is 0.158 e. The lowest BCUT2D eigenvalue weighted by Gasteiger charge is -2.38.